The van der Waals surface area contributed by atoms with E-state index in [1.54, 1.807) is 4.90 Å². The van der Waals surface area contributed by atoms with Gasteiger partial charge < -0.3 is 10.2 Å². The predicted octanol–water partition coefficient (Wildman–Crippen LogP) is 5.36. The molecule has 10 heteroatoms. The maximum absolute atomic E-state index is 13.0. The second-order valence-electron chi connectivity index (χ2n) is 7.89. The van der Waals surface area contributed by atoms with E-state index in [0.29, 0.717) is 30.7 Å². The minimum Gasteiger partial charge on any atom is -0.318 e. The largest absolute Gasteiger partial charge is 0.416 e. The Hall–Kier alpha value is -2.26. The number of sulfone groups is 1. The molecule has 2 atom stereocenters. The number of anilines is 1. The van der Waals surface area contributed by atoms with Gasteiger partial charge in [-0.2, -0.15) is 13.2 Å². The van der Waals surface area contributed by atoms with E-state index in [1.807, 2.05) is 0 Å². The van der Waals surface area contributed by atoms with Crippen LogP contribution in [0.2, 0.25) is 5.02 Å². The van der Waals surface area contributed by atoms with E-state index >= 15 is 0 Å². The molecule has 2 aromatic carbocycles. The first-order chi connectivity index (χ1) is 14.6. The number of urea groups is 1. The molecule has 0 aromatic heterocycles. The fourth-order valence-electron chi connectivity index (χ4n) is 4.46. The summed E-state index contributed by atoms with van der Waals surface area (Å²) in [6.45, 7) is 0. The first-order valence-corrected chi connectivity index (χ1v) is 11.7. The van der Waals surface area contributed by atoms with Gasteiger partial charge in [0.05, 0.1) is 15.7 Å². The number of fused-ring (bicyclic) bond motifs is 2. The van der Waals surface area contributed by atoms with Crippen LogP contribution in [0.5, 0.6) is 0 Å². The molecule has 2 amide bonds. The number of rotatable bonds is 3. The third kappa shape index (κ3) is 4.39. The highest BCUT2D eigenvalue weighted by atomic mass is 35.5. The van der Waals surface area contributed by atoms with E-state index in [0.717, 1.165) is 12.1 Å². The normalized spacial score (nSPS) is 23.6. The molecule has 2 aliphatic rings. The molecule has 0 radical (unpaired) electrons. The average Bonchev–Trinajstić information content (AvgIpc) is 2.97. The maximum atomic E-state index is 13.0. The van der Waals surface area contributed by atoms with Gasteiger partial charge in [-0.25, -0.2) is 13.2 Å². The summed E-state index contributed by atoms with van der Waals surface area (Å²) in [6.07, 6.45) is -2.42. The van der Waals surface area contributed by atoms with E-state index in [9.17, 15) is 26.4 Å². The van der Waals surface area contributed by atoms with Gasteiger partial charge in [-0.05, 0) is 74.2 Å². The molecule has 0 aliphatic carbocycles. The lowest BCUT2D eigenvalue weighted by Gasteiger charge is -2.38. The lowest BCUT2D eigenvalue weighted by Crippen LogP contribution is -2.51. The number of benzene rings is 2. The monoisotopic (exact) mass is 472 g/mol. The first kappa shape index (κ1) is 22.0. The summed E-state index contributed by atoms with van der Waals surface area (Å²) >= 11 is 5.85. The lowest BCUT2D eigenvalue weighted by atomic mass is 10.0. The minimum absolute atomic E-state index is 0.212. The molecule has 0 saturated carbocycles. The van der Waals surface area contributed by atoms with Crippen LogP contribution in [0.1, 0.15) is 31.2 Å². The van der Waals surface area contributed by atoms with Crippen molar-refractivity contribution >= 4 is 33.2 Å². The Morgan fingerprint density at radius 2 is 1.52 bits per heavy atom. The molecule has 2 bridgehead atoms. The minimum atomic E-state index is -4.45. The van der Waals surface area contributed by atoms with Crippen molar-refractivity contribution in [1.29, 1.82) is 0 Å². The van der Waals surface area contributed by atoms with Gasteiger partial charge in [0, 0.05) is 22.8 Å². The van der Waals surface area contributed by atoms with Crippen LogP contribution in [0.3, 0.4) is 0 Å². The summed E-state index contributed by atoms with van der Waals surface area (Å²) < 4.78 is 64.2. The molecule has 2 saturated heterocycles. The molecule has 2 unspecified atom stereocenters. The summed E-state index contributed by atoms with van der Waals surface area (Å²) in [6, 6.07) is 9.40. The number of carbonyl (C=O) groups excluding carboxylic acids is 1. The highest BCUT2D eigenvalue weighted by molar-refractivity contribution is 7.92. The Labute approximate surface area is 183 Å². The molecule has 2 aliphatic heterocycles. The molecule has 31 heavy (non-hydrogen) atoms. The van der Waals surface area contributed by atoms with Crippen molar-refractivity contribution in [2.75, 3.05) is 5.32 Å². The van der Waals surface area contributed by atoms with Crippen molar-refractivity contribution in [2.45, 2.75) is 54.1 Å². The molecule has 2 heterocycles. The highest BCUT2D eigenvalue weighted by Crippen LogP contribution is 2.40. The molecular weight excluding hydrogens is 453 g/mol. The Morgan fingerprint density at radius 1 is 0.968 bits per heavy atom. The van der Waals surface area contributed by atoms with Gasteiger partial charge in [0.25, 0.3) is 0 Å². The first-order valence-electron chi connectivity index (χ1n) is 9.82. The van der Waals surface area contributed by atoms with Crippen molar-refractivity contribution in [3.05, 3.63) is 59.1 Å². The van der Waals surface area contributed by atoms with Gasteiger partial charge in [0.1, 0.15) is 0 Å². The lowest BCUT2D eigenvalue weighted by molar-refractivity contribution is -0.137. The molecular formula is C21H20ClF3N2O3S. The number of halogens is 4. The molecule has 4 rings (SSSR count). The van der Waals surface area contributed by atoms with Gasteiger partial charge in [-0.3, -0.25) is 0 Å². The number of alkyl halides is 3. The fraction of sp³-hybridized carbons (Fsp3) is 0.381. The average molecular weight is 473 g/mol. The van der Waals surface area contributed by atoms with Crippen LogP contribution in [0.25, 0.3) is 0 Å². The van der Waals surface area contributed by atoms with Gasteiger partial charge >= 0.3 is 12.2 Å². The smallest absolute Gasteiger partial charge is 0.318 e. The van der Waals surface area contributed by atoms with E-state index in [4.69, 9.17) is 11.6 Å². The second-order valence-corrected chi connectivity index (χ2v) is 10.6. The van der Waals surface area contributed by atoms with Crippen molar-refractivity contribution in [3.63, 3.8) is 0 Å². The van der Waals surface area contributed by atoms with Crippen LogP contribution >= 0.6 is 11.6 Å². The fourth-order valence-corrected chi connectivity index (χ4v) is 6.44. The second kappa shape index (κ2) is 8.02. The standard InChI is InChI=1S/C21H20ClF3N2O3S/c22-14-3-9-18(10-4-14)31(29,30)19-11-16-7-8-17(12-19)27(16)20(28)26-15-5-1-13(2-6-15)21(23,24)25/h1-6,9-10,16-17,19H,7-8,11-12H2,(H,26,28). The van der Waals surface area contributed by atoms with Crippen LogP contribution in [0.15, 0.2) is 53.4 Å². The molecule has 166 valence electrons. The quantitative estimate of drug-likeness (QED) is 0.654. The summed E-state index contributed by atoms with van der Waals surface area (Å²) in [5, 5.41) is 2.49. The third-order valence-corrected chi connectivity index (χ3v) is 8.41. The number of piperidine rings is 1. The Morgan fingerprint density at radius 3 is 2.03 bits per heavy atom. The predicted molar refractivity (Wildman–Crippen MR) is 111 cm³/mol. The molecule has 2 aromatic rings. The Kier molecular flexibility index (Phi) is 5.68. The van der Waals surface area contributed by atoms with Gasteiger partial charge in [0.2, 0.25) is 0 Å². The summed E-state index contributed by atoms with van der Waals surface area (Å²) in [7, 11) is -3.55. The Bertz CT molecular complexity index is 1060. The van der Waals surface area contributed by atoms with Crippen molar-refractivity contribution in [2.24, 2.45) is 0 Å². The molecule has 5 nitrogen and oxygen atoms in total. The van der Waals surface area contributed by atoms with E-state index in [-0.39, 0.29) is 22.7 Å². The van der Waals surface area contributed by atoms with Crippen LogP contribution in [0.4, 0.5) is 23.7 Å². The van der Waals surface area contributed by atoms with Crippen LogP contribution < -0.4 is 5.32 Å². The number of amides is 2. The number of nitrogens with zero attached hydrogens (tertiary/aromatic N) is 1. The van der Waals surface area contributed by atoms with E-state index < -0.39 is 32.9 Å². The maximum Gasteiger partial charge on any atom is 0.416 e. The zero-order valence-corrected chi connectivity index (χ0v) is 17.8. The van der Waals surface area contributed by atoms with E-state index in [2.05, 4.69) is 5.32 Å². The molecule has 2 fully saturated rings. The Balaban J connectivity index is 1.46. The number of hydrogen-bond acceptors (Lipinski definition) is 3. The third-order valence-electron chi connectivity index (χ3n) is 5.97. The van der Waals surface area contributed by atoms with Gasteiger partial charge in [0.15, 0.2) is 9.84 Å². The molecule has 0 spiro atoms. The SMILES string of the molecule is O=C(Nc1ccc(C(F)(F)F)cc1)N1C2CCC1CC(S(=O)(=O)c1ccc(Cl)cc1)C2. The van der Waals surface area contributed by atoms with E-state index in [1.165, 1.54) is 36.4 Å². The number of hydrogen-bond donors (Lipinski definition) is 1. The van der Waals surface area contributed by atoms with Crippen LogP contribution in [-0.4, -0.2) is 36.7 Å². The number of nitrogens with one attached hydrogen (secondary N) is 1. The van der Waals surface area contributed by atoms with Gasteiger partial charge in [-0.15, -0.1) is 0 Å². The summed E-state index contributed by atoms with van der Waals surface area (Å²) in [4.78, 5) is 14.7. The van der Waals surface area contributed by atoms with Crippen LogP contribution in [0, 0.1) is 0 Å². The molecule has 1 N–H and O–H groups in total. The van der Waals surface area contributed by atoms with Crippen molar-refractivity contribution < 1.29 is 26.4 Å². The zero-order chi connectivity index (χ0) is 22.4. The van der Waals surface area contributed by atoms with Crippen LogP contribution in [-0.2, 0) is 16.0 Å². The zero-order valence-electron chi connectivity index (χ0n) is 16.3. The highest BCUT2D eigenvalue weighted by Gasteiger charge is 2.47. The summed E-state index contributed by atoms with van der Waals surface area (Å²) in [5.74, 6) is 0. The van der Waals surface area contributed by atoms with Crippen molar-refractivity contribution in [1.82, 2.24) is 4.90 Å². The van der Waals surface area contributed by atoms with Gasteiger partial charge in [-0.1, -0.05) is 11.6 Å². The number of carbonyl (C=O) groups is 1. The van der Waals surface area contributed by atoms with Crippen molar-refractivity contribution in [3.8, 4) is 0 Å². The summed E-state index contributed by atoms with van der Waals surface area (Å²) in [5.41, 5.74) is -0.535. The topological polar surface area (TPSA) is 66.5 Å².